The van der Waals surface area contributed by atoms with Crippen LogP contribution in [0.2, 0.25) is 0 Å². The molecule has 0 aromatic heterocycles. The molecule has 0 aliphatic rings. The van der Waals surface area contributed by atoms with Gasteiger partial charge in [0.05, 0.1) is 0 Å². The summed E-state index contributed by atoms with van der Waals surface area (Å²) in [5.74, 6) is -0.209. The van der Waals surface area contributed by atoms with Crippen molar-refractivity contribution in [2.75, 3.05) is 0 Å². The Bertz CT molecular complexity index is 857. The Morgan fingerprint density at radius 3 is 1.88 bits per heavy atom. The van der Waals surface area contributed by atoms with Crippen molar-refractivity contribution >= 4 is 18.6 Å². The molecular weight excluding hydrogens is 657 g/mol. The summed E-state index contributed by atoms with van der Waals surface area (Å²) in [6.07, 6.45) is 7.75. The molecule has 2 aromatic carbocycles. The molecule has 2 aromatic rings. The maximum absolute atomic E-state index is 12.9. The van der Waals surface area contributed by atoms with Crippen molar-refractivity contribution in [1.82, 2.24) is 10.6 Å². The van der Waals surface area contributed by atoms with Crippen molar-refractivity contribution in [3.05, 3.63) is 109 Å². The van der Waals surface area contributed by atoms with Crippen LogP contribution in [-0.4, -0.2) is 24.6 Å². The quantitative estimate of drug-likeness (QED) is 0.166. The first-order valence-electron chi connectivity index (χ1n) is 9.90. The van der Waals surface area contributed by atoms with E-state index < -0.39 is 5.54 Å². The van der Waals surface area contributed by atoms with E-state index >= 15 is 0 Å². The maximum atomic E-state index is 12.9. The average molecular weight is 691 g/mol. The molecule has 0 aliphatic carbocycles. The number of benzene rings is 2. The van der Waals surface area contributed by atoms with Gasteiger partial charge in [0.15, 0.2) is 0 Å². The fraction of sp³-hybridized carbons (Fsp3) is 0.222. The van der Waals surface area contributed by atoms with Crippen LogP contribution in [0.5, 0.6) is 0 Å². The molecule has 5 nitrogen and oxygen atoms in total. The number of hydrogen-bond acceptors (Lipinski definition) is 3. The number of aldehydes is 1. The minimum atomic E-state index is -0.944. The summed E-state index contributed by atoms with van der Waals surface area (Å²) < 4.78 is 0. The third kappa shape index (κ3) is 8.13. The van der Waals surface area contributed by atoms with Crippen LogP contribution < -0.4 is 10.6 Å². The molecular formula is C27H33FmN2O3-. The standard InChI is InChI=1S/C24H25N2O2.C2H4O.CH4.Fm/c1-4-12-20(5-2)24(21-13-8-6-9-14-21,22-15-10-7-11-16-22)26-23(28)17-19(3)25-18-27;1-2-3;;/h4-16,19H,1-2,17H2,3H3,(H,25,27)(H,26,28);2H,1H3;1H4;/q-1;;;/b20-12+;;;. The van der Waals surface area contributed by atoms with Gasteiger partial charge >= 0.3 is 0 Å². The van der Waals surface area contributed by atoms with Gasteiger partial charge in [0.25, 0.3) is 0 Å². The van der Waals surface area contributed by atoms with Gasteiger partial charge in [-0.1, -0.05) is 99.5 Å². The summed E-state index contributed by atoms with van der Waals surface area (Å²) in [5.41, 5.74) is 1.63. The molecule has 0 spiro atoms. The number of hydrogen-bond donors (Lipinski definition) is 2. The molecule has 0 saturated carbocycles. The Morgan fingerprint density at radius 2 is 1.52 bits per heavy atom. The first-order chi connectivity index (χ1) is 15.0. The van der Waals surface area contributed by atoms with Crippen molar-refractivity contribution in [3.63, 3.8) is 0 Å². The van der Waals surface area contributed by atoms with E-state index in [2.05, 4.69) is 23.8 Å². The van der Waals surface area contributed by atoms with Gasteiger partial charge in [0, 0.05) is 12.5 Å². The molecule has 1 atom stereocenters. The molecule has 182 valence electrons. The van der Waals surface area contributed by atoms with E-state index in [0.717, 1.165) is 23.0 Å². The molecule has 0 aliphatic heterocycles. The topological polar surface area (TPSA) is 75.3 Å². The van der Waals surface area contributed by atoms with E-state index in [-0.39, 0.29) is 25.8 Å². The first kappa shape index (κ1) is 30.5. The Kier molecular flexibility index (Phi) is 14.8. The minimum absolute atomic E-state index is 0. The Labute approximate surface area is 191 Å². The summed E-state index contributed by atoms with van der Waals surface area (Å²) in [4.78, 5) is 32.3. The van der Waals surface area contributed by atoms with Crippen LogP contribution in [0.15, 0.2) is 97.6 Å². The Balaban J connectivity index is 0. The van der Waals surface area contributed by atoms with Crippen LogP contribution in [0.25, 0.3) is 0 Å². The van der Waals surface area contributed by atoms with Gasteiger partial charge < -0.3 is 20.2 Å². The normalized spacial score (nSPS) is 11.0. The van der Waals surface area contributed by atoms with E-state index in [4.69, 9.17) is 4.79 Å². The number of nitrogens with one attached hydrogen (secondary N) is 2. The van der Waals surface area contributed by atoms with Gasteiger partial charge in [-0.3, -0.25) is 4.79 Å². The molecule has 0 saturated heterocycles. The second kappa shape index (κ2) is 16.0. The van der Waals surface area contributed by atoms with E-state index in [1.165, 1.54) is 6.92 Å². The van der Waals surface area contributed by atoms with Gasteiger partial charge in [0.2, 0.25) is 5.91 Å². The molecule has 6 heteroatoms. The fourth-order valence-electron chi connectivity index (χ4n) is 3.26. The van der Waals surface area contributed by atoms with Crippen molar-refractivity contribution in [3.8, 4) is 0 Å². The third-order valence-corrected chi connectivity index (χ3v) is 4.49. The third-order valence-electron chi connectivity index (χ3n) is 4.49. The summed E-state index contributed by atoms with van der Waals surface area (Å²) in [5, 5.41) is 5.68. The predicted molar refractivity (Wildman–Crippen MR) is 132 cm³/mol. The number of allylic oxidation sites excluding steroid dienone is 2. The zero-order valence-corrected chi connectivity index (χ0v) is 20.7. The van der Waals surface area contributed by atoms with E-state index in [9.17, 15) is 9.59 Å². The van der Waals surface area contributed by atoms with Crippen molar-refractivity contribution in [1.29, 1.82) is 0 Å². The molecule has 0 bridgehead atoms. The predicted octanol–water partition coefficient (Wildman–Crippen LogP) is 4.62. The van der Waals surface area contributed by atoms with Gasteiger partial charge in [-0.05, 0) is 30.5 Å². The van der Waals surface area contributed by atoms with Crippen LogP contribution in [-0.2, 0) is 19.9 Å². The Hall–Kier alpha value is -4.73. The van der Waals surface area contributed by atoms with Crippen molar-refractivity contribution in [2.24, 2.45) is 0 Å². The van der Waals surface area contributed by atoms with Crippen LogP contribution in [0.4, 0.5) is 0 Å². The number of amides is 2. The molecule has 0 radical (unpaired) electrons. The van der Waals surface area contributed by atoms with Crippen LogP contribution >= 0.6 is 0 Å². The summed E-state index contributed by atoms with van der Waals surface area (Å²) >= 11 is 0. The van der Waals surface area contributed by atoms with E-state index in [1.807, 2.05) is 66.7 Å². The smallest absolute Gasteiger partial charge is 0.223 e. The summed E-state index contributed by atoms with van der Waals surface area (Å²) in [7, 11) is 0. The van der Waals surface area contributed by atoms with Gasteiger partial charge in [-0.2, -0.15) is 6.41 Å². The first-order valence-corrected chi connectivity index (χ1v) is 9.90. The number of rotatable bonds is 10. The second-order valence-electron chi connectivity index (χ2n) is 6.68. The Morgan fingerprint density at radius 1 is 1.06 bits per heavy atom. The molecule has 1 unspecified atom stereocenters. The molecule has 0 fully saturated rings. The van der Waals surface area contributed by atoms with Crippen LogP contribution in [0.1, 0.15) is 38.8 Å². The van der Waals surface area contributed by atoms with Crippen molar-refractivity contribution in [2.45, 2.75) is 39.3 Å². The zero-order valence-electron chi connectivity index (χ0n) is 18.3. The van der Waals surface area contributed by atoms with Crippen LogP contribution in [0, 0.1) is 0 Å². The van der Waals surface area contributed by atoms with E-state index in [1.54, 1.807) is 25.5 Å². The molecule has 0 heterocycles. The number of carbonyl (C=O) groups excluding carboxylic acids is 3. The van der Waals surface area contributed by atoms with Gasteiger partial charge in [-0.25, -0.2) is 0 Å². The van der Waals surface area contributed by atoms with Gasteiger partial charge in [0.1, 0.15) is 11.8 Å². The minimum Gasteiger partial charge on any atom is -0.527 e. The zero-order chi connectivity index (χ0) is 23.1. The molecule has 2 N–H and O–H groups in total. The summed E-state index contributed by atoms with van der Waals surface area (Å²) in [6, 6.07) is 19.1. The largest absolute Gasteiger partial charge is 0.527 e. The molecule has 33 heavy (non-hydrogen) atoms. The molecule has 2 amide bonds. The fourth-order valence-corrected chi connectivity index (χ4v) is 3.26. The maximum Gasteiger partial charge on any atom is 0.223 e. The SMILES string of the molecule is C.C=C/C=C(\C=C)C(NC(=O)CC(C)N[C-]=O)(c1ccccc1)c1ccccc1.CC=O.[Fm]. The van der Waals surface area contributed by atoms with Crippen LogP contribution in [0.3, 0.4) is 0 Å². The second-order valence-corrected chi connectivity index (χ2v) is 6.68. The average Bonchev–Trinajstić information content (AvgIpc) is 2.78. The number of carbonyl (C=O) groups is 2. The summed E-state index contributed by atoms with van der Waals surface area (Å²) in [6.45, 7) is 11.0. The monoisotopic (exact) mass is 690 g/mol. The van der Waals surface area contributed by atoms with Gasteiger partial charge in [-0.15, -0.1) is 0 Å². The molecule has 2 rings (SSSR count). The van der Waals surface area contributed by atoms with Crippen molar-refractivity contribution < 1.29 is 14.4 Å². The van der Waals surface area contributed by atoms with E-state index in [0.29, 0.717) is 0 Å².